The summed E-state index contributed by atoms with van der Waals surface area (Å²) in [6.07, 6.45) is -1.31. The Morgan fingerprint density at radius 3 is 2.42 bits per heavy atom. The molecule has 3 fully saturated rings. The summed E-state index contributed by atoms with van der Waals surface area (Å²) in [6.45, 7) is 9.32. The lowest BCUT2D eigenvalue weighted by molar-refractivity contribution is -0.451. The van der Waals surface area contributed by atoms with Crippen molar-refractivity contribution in [1.29, 1.82) is 0 Å². The van der Waals surface area contributed by atoms with Crippen molar-refractivity contribution in [2.45, 2.75) is 109 Å². The largest absolute Gasteiger partial charge is 0.507 e. The molecule has 0 unspecified atom stereocenters. The molecule has 9 atom stereocenters. The van der Waals surface area contributed by atoms with Gasteiger partial charge in [-0.1, -0.05) is 50.5 Å². The molecular weight excluding hydrogens is 692 g/mol. The topological polar surface area (TPSA) is 141 Å². The van der Waals surface area contributed by atoms with Gasteiger partial charge in [-0.25, -0.2) is 0 Å². The van der Waals surface area contributed by atoms with E-state index in [2.05, 4.69) is 38.8 Å². The van der Waals surface area contributed by atoms with Gasteiger partial charge in [-0.2, -0.15) is 0 Å². The lowest BCUT2D eigenvalue weighted by Gasteiger charge is -2.61. The highest BCUT2D eigenvalue weighted by Gasteiger charge is 2.64. The van der Waals surface area contributed by atoms with Crippen LogP contribution in [0.15, 0.2) is 21.1 Å². The predicted octanol–water partition coefficient (Wildman–Crippen LogP) is 5.52. The van der Waals surface area contributed by atoms with Crippen molar-refractivity contribution in [3.8, 4) is 5.75 Å². The molecule has 0 aliphatic carbocycles. The van der Waals surface area contributed by atoms with Crippen LogP contribution < -0.4 is 0 Å². The summed E-state index contributed by atoms with van der Waals surface area (Å²) in [7, 11) is 1.63. The zero-order valence-electron chi connectivity index (χ0n) is 25.6. The average Bonchev–Trinajstić information content (AvgIpc) is 2.91. The fraction of sp³-hybridized carbons (Fsp3) is 0.742. The highest BCUT2D eigenvalue weighted by atomic mass is 79.9. The van der Waals surface area contributed by atoms with Gasteiger partial charge in [0.1, 0.15) is 18.0 Å². The molecule has 10 nitrogen and oxygen atoms in total. The number of aliphatic hydroxyl groups excluding tert-OH is 1. The van der Waals surface area contributed by atoms with Crippen molar-refractivity contribution >= 4 is 43.8 Å². The van der Waals surface area contributed by atoms with Crippen molar-refractivity contribution in [1.82, 2.24) is 0 Å². The van der Waals surface area contributed by atoms with E-state index in [0.29, 0.717) is 23.7 Å². The number of phenols is 1. The number of hydrogen-bond acceptors (Lipinski definition) is 10. The van der Waals surface area contributed by atoms with Crippen molar-refractivity contribution in [2.24, 2.45) is 23.2 Å². The Bertz CT molecular complexity index is 1190. The summed E-state index contributed by atoms with van der Waals surface area (Å²) in [5.41, 5.74) is 0.199. The summed E-state index contributed by atoms with van der Waals surface area (Å²) in [4.78, 5) is 25.9. The summed E-state index contributed by atoms with van der Waals surface area (Å²) >= 11 is 6.92. The smallest absolute Gasteiger partial charge is 0.311 e. The third-order valence-corrected chi connectivity index (χ3v) is 10.9. The Morgan fingerprint density at radius 1 is 1.07 bits per heavy atom. The van der Waals surface area contributed by atoms with Gasteiger partial charge in [-0.15, -0.1) is 0 Å². The number of aromatic hydroxyl groups is 1. The maximum Gasteiger partial charge on any atom is 0.311 e. The highest BCUT2D eigenvalue weighted by Crippen LogP contribution is 2.57. The maximum absolute atomic E-state index is 13.0. The fourth-order valence-corrected chi connectivity index (χ4v) is 8.15. The number of carbonyl (C=O) groups excluding carboxylic acids is 2. The third-order valence-electron chi connectivity index (χ3n) is 9.58. The number of rotatable bonds is 7. The van der Waals surface area contributed by atoms with Crippen LogP contribution in [0.1, 0.15) is 84.8 Å². The van der Waals surface area contributed by atoms with E-state index in [1.165, 1.54) is 0 Å². The van der Waals surface area contributed by atoms with Gasteiger partial charge in [-0.3, -0.25) is 9.59 Å². The van der Waals surface area contributed by atoms with Crippen LogP contribution in [0.5, 0.6) is 5.75 Å². The second kappa shape index (κ2) is 13.2. The number of hydrogen-bond donors (Lipinski definition) is 3. The van der Waals surface area contributed by atoms with Crippen LogP contribution in [-0.4, -0.2) is 70.9 Å². The normalized spacial score (nSPS) is 36.0. The van der Waals surface area contributed by atoms with E-state index in [9.17, 15) is 24.9 Å². The van der Waals surface area contributed by atoms with Crippen molar-refractivity contribution in [3.63, 3.8) is 0 Å². The number of fused-ring (bicyclic) bond motifs is 2. The third kappa shape index (κ3) is 7.10. The minimum atomic E-state index is -1.88. The second-order valence-corrected chi connectivity index (χ2v) is 14.9. The Kier molecular flexibility index (Phi) is 10.6. The first-order valence-corrected chi connectivity index (χ1v) is 16.4. The molecule has 0 amide bonds. The summed E-state index contributed by atoms with van der Waals surface area (Å²) in [5, 5.41) is 31.8. The standard InChI is InChI=1S/C31H44Br2O10/c1-16(7-8-24(39-6)20-10-23(35)22(33)11-21(20)32)28-18(3)25-13-31(42-28)29(4,5)12-17(2)30(38,43-31)14-27(37)40-19(15-34)9-26(36)41-25/h10-11,16-19,24-25,28,34-35,38H,7-9,12-15H2,1-6H3/t16-,17+,18-,19+,24-,25-,28+,30-,31-/m0/s1. The lowest BCUT2D eigenvalue weighted by Crippen LogP contribution is -2.68. The van der Waals surface area contributed by atoms with E-state index in [1.807, 2.05) is 27.7 Å². The number of aliphatic hydroxyl groups is 2. The molecule has 0 radical (unpaired) electrons. The SMILES string of the molecule is CO[C@@H](CC[C@H](C)[C@H]1O[C@@]23C[C@H](OC(=O)C[C@H](CO)OC(=O)C[C@](O)(O2)[C@H](C)CC3(C)C)[C@@H]1C)c1cc(O)c(Br)cc1Br. The quantitative estimate of drug-likeness (QED) is 0.307. The predicted molar refractivity (Wildman–Crippen MR) is 163 cm³/mol. The van der Waals surface area contributed by atoms with E-state index >= 15 is 0 Å². The molecule has 0 saturated carbocycles. The zero-order chi connectivity index (χ0) is 31.9. The van der Waals surface area contributed by atoms with Crippen LogP contribution in [-0.2, 0) is 33.3 Å². The van der Waals surface area contributed by atoms with Gasteiger partial charge in [-0.05, 0) is 58.8 Å². The maximum atomic E-state index is 13.0. The molecule has 3 N–H and O–H groups in total. The Hall–Kier alpha value is -1.28. The molecule has 3 aliphatic rings. The Balaban J connectivity index is 1.66. The van der Waals surface area contributed by atoms with E-state index in [1.54, 1.807) is 19.2 Å². The Labute approximate surface area is 270 Å². The molecule has 3 aliphatic heterocycles. The molecule has 43 heavy (non-hydrogen) atoms. The van der Waals surface area contributed by atoms with Crippen molar-refractivity contribution in [3.05, 3.63) is 26.6 Å². The van der Waals surface area contributed by atoms with Gasteiger partial charge in [0.25, 0.3) is 0 Å². The fourth-order valence-electron chi connectivity index (χ4n) is 6.90. The van der Waals surface area contributed by atoms with E-state index in [0.717, 1.165) is 10.0 Å². The van der Waals surface area contributed by atoms with Gasteiger partial charge in [0.2, 0.25) is 0 Å². The monoisotopic (exact) mass is 734 g/mol. The molecule has 3 bridgehead atoms. The van der Waals surface area contributed by atoms with Crippen LogP contribution in [0.2, 0.25) is 0 Å². The van der Waals surface area contributed by atoms with Gasteiger partial charge in [0.15, 0.2) is 11.6 Å². The molecule has 12 heteroatoms. The molecule has 1 aromatic rings. The molecule has 242 valence electrons. The molecule has 1 spiro atoms. The number of methoxy groups -OCH3 is 1. The first-order chi connectivity index (χ1) is 20.0. The first kappa shape index (κ1) is 34.6. The van der Waals surface area contributed by atoms with Crippen LogP contribution in [0.3, 0.4) is 0 Å². The summed E-state index contributed by atoms with van der Waals surface area (Å²) in [5.74, 6) is -5.24. The number of phenolic OH excluding ortho intramolecular Hbond substituents is 1. The van der Waals surface area contributed by atoms with Crippen LogP contribution in [0.4, 0.5) is 0 Å². The minimum absolute atomic E-state index is 0.0660. The molecule has 1 aromatic carbocycles. The molecule has 0 aromatic heterocycles. The summed E-state index contributed by atoms with van der Waals surface area (Å²) in [6, 6.07) is 3.46. The van der Waals surface area contributed by atoms with Crippen LogP contribution >= 0.6 is 31.9 Å². The van der Waals surface area contributed by atoms with Crippen molar-refractivity contribution in [2.75, 3.05) is 13.7 Å². The highest BCUT2D eigenvalue weighted by molar-refractivity contribution is 9.11. The molecule has 3 heterocycles. The number of cyclic esters (lactones) is 1. The summed E-state index contributed by atoms with van der Waals surface area (Å²) < 4.78 is 31.9. The van der Waals surface area contributed by atoms with Gasteiger partial charge in [0, 0.05) is 35.3 Å². The van der Waals surface area contributed by atoms with E-state index < -0.39 is 66.2 Å². The van der Waals surface area contributed by atoms with Crippen LogP contribution in [0, 0.1) is 23.2 Å². The minimum Gasteiger partial charge on any atom is -0.507 e. The van der Waals surface area contributed by atoms with E-state index in [4.69, 9.17) is 23.7 Å². The van der Waals surface area contributed by atoms with Gasteiger partial charge < -0.3 is 39.0 Å². The lowest BCUT2D eigenvalue weighted by atomic mass is 9.66. The zero-order valence-corrected chi connectivity index (χ0v) is 28.8. The number of benzene rings is 1. The van der Waals surface area contributed by atoms with Crippen LogP contribution in [0.25, 0.3) is 0 Å². The Morgan fingerprint density at radius 2 is 1.77 bits per heavy atom. The van der Waals surface area contributed by atoms with Gasteiger partial charge in [0.05, 0.1) is 36.1 Å². The molecule has 4 rings (SSSR count). The number of ether oxygens (including phenoxy) is 5. The second-order valence-electron chi connectivity index (χ2n) is 13.1. The van der Waals surface area contributed by atoms with Gasteiger partial charge >= 0.3 is 11.9 Å². The number of halogens is 2. The van der Waals surface area contributed by atoms with Crippen molar-refractivity contribution < 1.29 is 48.6 Å². The number of carbonyl (C=O) groups is 2. The average molecular weight is 736 g/mol. The molecule has 3 saturated heterocycles. The number of esters is 2. The van der Waals surface area contributed by atoms with E-state index in [-0.39, 0.29) is 36.5 Å². The molecular formula is C31H44Br2O10. The first-order valence-electron chi connectivity index (χ1n) is 14.9.